The Morgan fingerprint density at radius 2 is 1.88 bits per heavy atom. The van der Waals surface area contributed by atoms with Crippen LogP contribution in [0.2, 0.25) is 0 Å². The molecule has 2 atom stereocenters. The van der Waals surface area contributed by atoms with Gasteiger partial charge >= 0.3 is 5.97 Å². The number of nitrogens with one attached hydrogen (secondary N) is 1. The van der Waals surface area contributed by atoms with Gasteiger partial charge in [0.05, 0.1) is 0 Å². The summed E-state index contributed by atoms with van der Waals surface area (Å²) in [6.45, 7) is 6.11. The van der Waals surface area contributed by atoms with E-state index < -0.39 is 12.1 Å². The van der Waals surface area contributed by atoms with Crippen molar-refractivity contribution in [2.24, 2.45) is 11.8 Å². The Morgan fingerprint density at radius 1 is 1.29 bits per heavy atom. The van der Waals surface area contributed by atoms with Gasteiger partial charge < -0.3 is 15.2 Å². The number of carbonyl (C=O) groups excluding carboxylic acids is 1. The molecule has 5 nitrogen and oxygen atoms in total. The lowest BCUT2D eigenvalue weighted by Gasteiger charge is -2.19. The van der Waals surface area contributed by atoms with Gasteiger partial charge in [0.1, 0.15) is 6.10 Å². The fraction of sp³-hybridized carbons (Fsp3) is 0.833. The van der Waals surface area contributed by atoms with Crippen LogP contribution in [-0.4, -0.2) is 36.7 Å². The zero-order chi connectivity index (χ0) is 13.4. The van der Waals surface area contributed by atoms with E-state index in [0.29, 0.717) is 12.5 Å². The van der Waals surface area contributed by atoms with Crippen LogP contribution in [0.3, 0.4) is 0 Å². The Morgan fingerprint density at radius 3 is 2.29 bits per heavy atom. The lowest BCUT2D eigenvalue weighted by Crippen LogP contribution is -2.37. The molecule has 0 aliphatic carbocycles. The number of hydrogen-bond donors (Lipinski definition) is 2. The highest BCUT2D eigenvalue weighted by Gasteiger charge is 2.18. The molecule has 0 rings (SSSR count). The average Bonchev–Trinajstić information content (AvgIpc) is 2.22. The first kappa shape index (κ1) is 15.9. The first-order valence-electron chi connectivity index (χ1n) is 5.89. The molecule has 17 heavy (non-hydrogen) atoms. The Balaban J connectivity index is 4.15. The number of methoxy groups -OCH3 is 1. The molecule has 0 aromatic carbocycles. The van der Waals surface area contributed by atoms with Gasteiger partial charge in [-0.1, -0.05) is 13.8 Å². The fourth-order valence-corrected chi connectivity index (χ4v) is 1.65. The first-order chi connectivity index (χ1) is 7.86. The molecule has 100 valence electrons. The normalized spacial score (nSPS) is 14.4. The smallest absolute Gasteiger partial charge is 0.303 e. The molecule has 0 heterocycles. The predicted molar refractivity (Wildman–Crippen MR) is 64.7 cm³/mol. The van der Waals surface area contributed by atoms with E-state index in [1.807, 2.05) is 13.8 Å². The van der Waals surface area contributed by atoms with Gasteiger partial charge in [-0.3, -0.25) is 9.59 Å². The lowest BCUT2D eigenvalue weighted by atomic mass is 9.94. The molecule has 0 radical (unpaired) electrons. The highest BCUT2D eigenvalue weighted by molar-refractivity contribution is 5.80. The van der Waals surface area contributed by atoms with E-state index in [-0.39, 0.29) is 18.2 Å². The van der Waals surface area contributed by atoms with Gasteiger partial charge in [0.15, 0.2) is 0 Å². The summed E-state index contributed by atoms with van der Waals surface area (Å²) < 4.78 is 4.88. The maximum Gasteiger partial charge on any atom is 0.303 e. The summed E-state index contributed by atoms with van der Waals surface area (Å²) in [7, 11) is 1.47. The maximum absolute atomic E-state index is 11.5. The molecule has 0 aromatic rings. The number of ether oxygens (including phenoxy) is 1. The molecule has 0 spiro atoms. The number of hydrogen-bond acceptors (Lipinski definition) is 3. The van der Waals surface area contributed by atoms with Crippen molar-refractivity contribution in [1.82, 2.24) is 5.32 Å². The molecule has 1 amide bonds. The largest absolute Gasteiger partial charge is 0.481 e. The maximum atomic E-state index is 11.5. The molecule has 2 unspecified atom stereocenters. The van der Waals surface area contributed by atoms with Gasteiger partial charge in [0, 0.05) is 20.1 Å². The molecule has 5 heteroatoms. The van der Waals surface area contributed by atoms with Crippen LogP contribution in [-0.2, 0) is 14.3 Å². The summed E-state index contributed by atoms with van der Waals surface area (Å²) in [6.07, 6.45) is 0.368. The highest BCUT2D eigenvalue weighted by Crippen LogP contribution is 2.14. The zero-order valence-electron chi connectivity index (χ0n) is 11.0. The number of carboxylic acid groups (broad SMARTS) is 1. The van der Waals surface area contributed by atoms with Crippen LogP contribution in [0.25, 0.3) is 0 Å². The molecule has 0 saturated heterocycles. The van der Waals surface area contributed by atoms with E-state index in [0.717, 1.165) is 6.42 Å². The van der Waals surface area contributed by atoms with E-state index in [2.05, 4.69) is 5.32 Å². The van der Waals surface area contributed by atoms with Crippen LogP contribution in [0.1, 0.15) is 33.6 Å². The number of carboxylic acids is 1. The standard InChI is InChI=1S/C12H23NO4/c1-8(2)5-10(6-11(14)15)7-13-12(16)9(3)17-4/h8-10H,5-7H2,1-4H3,(H,13,16)(H,14,15). The number of aliphatic carboxylic acids is 1. The van der Waals surface area contributed by atoms with Gasteiger partial charge in [0.2, 0.25) is 5.91 Å². The van der Waals surface area contributed by atoms with E-state index in [4.69, 9.17) is 9.84 Å². The van der Waals surface area contributed by atoms with Gasteiger partial charge in [-0.25, -0.2) is 0 Å². The Hall–Kier alpha value is -1.10. The summed E-state index contributed by atoms with van der Waals surface area (Å²) in [4.78, 5) is 22.2. The SMILES string of the molecule is COC(C)C(=O)NCC(CC(=O)O)CC(C)C. The molecule has 0 saturated carbocycles. The minimum atomic E-state index is -0.829. The Bertz CT molecular complexity index is 253. The molecule has 0 aliphatic rings. The topological polar surface area (TPSA) is 75.6 Å². The minimum absolute atomic E-state index is 0.0273. The summed E-state index contributed by atoms with van der Waals surface area (Å²) in [5.41, 5.74) is 0. The van der Waals surface area contributed by atoms with Crippen molar-refractivity contribution in [2.75, 3.05) is 13.7 Å². The lowest BCUT2D eigenvalue weighted by molar-refractivity contribution is -0.138. The van der Waals surface area contributed by atoms with Crippen LogP contribution in [0, 0.1) is 11.8 Å². The molecule has 0 fully saturated rings. The van der Waals surface area contributed by atoms with Crippen LogP contribution in [0.4, 0.5) is 0 Å². The molecule has 0 bridgehead atoms. The third-order valence-corrected chi connectivity index (χ3v) is 2.56. The van der Waals surface area contributed by atoms with Gasteiger partial charge in [0.25, 0.3) is 0 Å². The van der Waals surface area contributed by atoms with Crippen molar-refractivity contribution >= 4 is 11.9 Å². The second-order valence-electron chi connectivity index (χ2n) is 4.72. The average molecular weight is 245 g/mol. The van der Waals surface area contributed by atoms with Gasteiger partial charge in [-0.15, -0.1) is 0 Å². The number of carbonyl (C=O) groups is 2. The van der Waals surface area contributed by atoms with E-state index in [1.165, 1.54) is 7.11 Å². The number of amides is 1. The molecule has 2 N–H and O–H groups in total. The summed E-state index contributed by atoms with van der Waals surface area (Å²) in [6, 6.07) is 0. The van der Waals surface area contributed by atoms with Crippen LogP contribution in [0.15, 0.2) is 0 Å². The molecular formula is C12H23NO4. The van der Waals surface area contributed by atoms with E-state index in [1.54, 1.807) is 6.92 Å². The van der Waals surface area contributed by atoms with Crippen molar-refractivity contribution in [2.45, 2.75) is 39.7 Å². The third-order valence-electron chi connectivity index (χ3n) is 2.56. The predicted octanol–water partition coefficient (Wildman–Crippen LogP) is 1.27. The quantitative estimate of drug-likeness (QED) is 0.675. The van der Waals surface area contributed by atoms with Crippen molar-refractivity contribution in [3.63, 3.8) is 0 Å². The Kier molecular flexibility index (Phi) is 7.54. The highest BCUT2D eigenvalue weighted by atomic mass is 16.5. The molecule has 0 aromatic heterocycles. The van der Waals surface area contributed by atoms with Gasteiger partial charge in [-0.05, 0) is 25.2 Å². The first-order valence-corrected chi connectivity index (χ1v) is 5.89. The second-order valence-corrected chi connectivity index (χ2v) is 4.72. The zero-order valence-corrected chi connectivity index (χ0v) is 11.0. The monoisotopic (exact) mass is 245 g/mol. The minimum Gasteiger partial charge on any atom is -0.481 e. The Labute approximate surface area is 103 Å². The van der Waals surface area contributed by atoms with Crippen molar-refractivity contribution in [3.05, 3.63) is 0 Å². The fourth-order valence-electron chi connectivity index (χ4n) is 1.65. The summed E-state index contributed by atoms with van der Waals surface area (Å²) >= 11 is 0. The van der Waals surface area contributed by atoms with E-state index >= 15 is 0 Å². The van der Waals surface area contributed by atoms with Crippen LogP contribution < -0.4 is 5.32 Å². The third kappa shape index (κ3) is 7.74. The van der Waals surface area contributed by atoms with E-state index in [9.17, 15) is 9.59 Å². The molecular weight excluding hydrogens is 222 g/mol. The van der Waals surface area contributed by atoms with Crippen LogP contribution >= 0.6 is 0 Å². The molecule has 0 aliphatic heterocycles. The summed E-state index contributed by atoms with van der Waals surface area (Å²) in [5, 5.41) is 11.5. The number of rotatable bonds is 8. The second kappa shape index (κ2) is 8.06. The van der Waals surface area contributed by atoms with Crippen LogP contribution in [0.5, 0.6) is 0 Å². The van der Waals surface area contributed by atoms with Crippen molar-refractivity contribution < 1.29 is 19.4 Å². The summed E-state index contributed by atoms with van der Waals surface area (Å²) in [5.74, 6) is -0.645. The van der Waals surface area contributed by atoms with Gasteiger partial charge in [-0.2, -0.15) is 0 Å². The van der Waals surface area contributed by atoms with Crippen molar-refractivity contribution in [3.8, 4) is 0 Å². The van der Waals surface area contributed by atoms with Crippen molar-refractivity contribution in [1.29, 1.82) is 0 Å².